The number of ether oxygens (including phenoxy) is 1. The van der Waals surface area contributed by atoms with E-state index in [2.05, 4.69) is 19.9 Å². The van der Waals surface area contributed by atoms with Gasteiger partial charge in [-0.05, 0) is 31.7 Å². The van der Waals surface area contributed by atoms with Crippen LogP contribution in [0.2, 0.25) is 0 Å². The van der Waals surface area contributed by atoms with Crippen molar-refractivity contribution in [1.29, 1.82) is 0 Å². The Labute approximate surface area is 136 Å². The van der Waals surface area contributed by atoms with Crippen LogP contribution in [0.3, 0.4) is 0 Å². The number of aromatic nitrogens is 4. The van der Waals surface area contributed by atoms with Gasteiger partial charge in [-0.1, -0.05) is 0 Å². The molecular weight excluding hydrogens is 290 g/mol. The first-order valence-corrected chi connectivity index (χ1v) is 8.18. The first-order chi connectivity index (χ1) is 11.3. The number of piperidine rings is 1. The molecule has 4 rings (SSSR count). The monoisotopic (exact) mass is 311 g/mol. The molecule has 2 aromatic rings. The summed E-state index contributed by atoms with van der Waals surface area (Å²) in [5.41, 5.74) is 3.32. The fourth-order valence-electron chi connectivity index (χ4n) is 3.62. The molecule has 2 aliphatic rings. The van der Waals surface area contributed by atoms with Gasteiger partial charge in [-0.25, -0.2) is 19.9 Å². The fraction of sp³-hybridized carbons (Fsp3) is 0.529. The Morgan fingerprint density at radius 2 is 1.96 bits per heavy atom. The van der Waals surface area contributed by atoms with E-state index in [-0.39, 0.29) is 5.60 Å². The summed E-state index contributed by atoms with van der Waals surface area (Å²) in [6.45, 7) is 5.61. The number of fused-ring (bicyclic) bond motifs is 2. The minimum Gasteiger partial charge on any atom is -0.368 e. The topological polar surface area (TPSA) is 64.0 Å². The summed E-state index contributed by atoms with van der Waals surface area (Å²) in [6, 6.07) is 0. The molecule has 0 aliphatic carbocycles. The highest BCUT2D eigenvalue weighted by Crippen LogP contribution is 2.40. The molecule has 120 valence electrons. The molecule has 0 unspecified atom stereocenters. The van der Waals surface area contributed by atoms with Gasteiger partial charge in [-0.2, -0.15) is 0 Å². The van der Waals surface area contributed by atoms with Gasteiger partial charge in [0.05, 0.1) is 12.3 Å². The van der Waals surface area contributed by atoms with Gasteiger partial charge in [0.15, 0.2) is 0 Å². The zero-order chi connectivity index (χ0) is 15.7. The summed E-state index contributed by atoms with van der Waals surface area (Å²) < 4.78 is 6.24. The van der Waals surface area contributed by atoms with Crippen molar-refractivity contribution in [2.24, 2.45) is 0 Å². The van der Waals surface area contributed by atoms with Crippen LogP contribution in [0, 0.1) is 6.92 Å². The molecule has 0 saturated carbocycles. The molecule has 1 spiro atoms. The zero-order valence-electron chi connectivity index (χ0n) is 13.4. The van der Waals surface area contributed by atoms with Gasteiger partial charge in [-0.15, -0.1) is 0 Å². The van der Waals surface area contributed by atoms with Crippen LogP contribution in [0.5, 0.6) is 0 Å². The lowest BCUT2D eigenvalue weighted by Gasteiger charge is -2.44. The first-order valence-electron chi connectivity index (χ1n) is 8.18. The van der Waals surface area contributed by atoms with Gasteiger partial charge in [0, 0.05) is 43.8 Å². The van der Waals surface area contributed by atoms with E-state index in [9.17, 15) is 0 Å². The molecule has 2 aliphatic heterocycles. The summed E-state index contributed by atoms with van der Waals surface area (Å²) >= 11 is 0. The van der Waals surface area contributed by atoms with Crippen molar-refractivity contribution in [1.82, 2.24) is 24.8 Å². The van der Waals surface area contributed by atoms with E-state index in [1.54, 1.807) is 6.33 Å². The number of aryl methyl sites for hydroxylation is 1. The molecule has 1 saturated heterocycles. The smallest absolute Gasteiger partial charge is 0.125 e. The number of hydrogen-bond acceptors (Lipinski definition) is 6. The lowest BCUT2D eigenvalue weighted by molar-refractivity contribution is -0.102. The number of nitrogens with zero attached hydrogens (tertiary/aromatic N) is 5. The van der Waals surface area contributed by atoms with E-state index in [0.717, 1.165) is 62.6 Å². The van der Waals surface area contributed by atoms with E-state index in [0.29, 0.717) is 0 Å². The van der Waals surface area contributed by atoms with E-state index < -0.39 is 0 Å². The highest BCUT2D eigenvalue weighted by molar-refractivity contribution is 5.27. The molecule has 1 fully saturated rings. The van der Waals surface area contributed by atoms with E-state index in [1.165, 1.54) is 5.56 Å². The Bertz CT molecular complexity index is 683. The molecule has 6 nitrogen and oxygen atoms in total. The predicted molar refractivity (Wildman–Crippen MR) is 84.6 cm³/mol. The first kappa shape index (κ1) is 14.7. The minimum absolute atomic E-state index is 0.217. The SMILES string of the molecule is Cc1ncc2c(n1)C1(CCN(Cc3cncnc3)CC1)OCC2. The van der Waals surface area contributed by atoms with E-state index in [1.807, 2.05) is 25.5 Å². The van der Waals surface area contributed by atoms with Crippen LogP contribution in [0.1, 0.15) is 35.5 Å². The quantitative estimate of drug-likeness (QED) is 0.840. The van der Waals surface area contributed by atoms with Crippen molar-refractivity contribution in [3.05, 3.63) is 47.6 Å². The maximum absolute atomic E-state index is 6.24. The van der Waals surface area contributed by atoms with Crippen LogP contribution in [-0.2, 0) is 23.3 Å². The molecule has 0 N–H and O–H groups in total. The maximum Gasteiger partial charge on any atom is 0.125 e. The molecule has 0 aromatic carbocycles. The molecule has 0 bridgehead atoms. The number of hydrogen-bond donors (Lipinski definition) is 0. The van der Waals surface area contributed by atoms with Crippen LogP contribution in [0.4, 0.5) is 0 Å². The second kappa shape index (κ2) is 5.94. The van der Waals surface area contributed by atoms with Gasteiger partial charge < -0.3 is 4.74 Å². The Kier molecular flexibility index (Phi) is 3.79. The third kappa shape index (κ3) is 2.84. The molecule has 0 atom stereocenters. The van der Waals surface area contributed by atoms with Crippen LogP contribution in [-0.4, -0.2) is 44.5 Å². The van der Waals surface area contributed by atoms with Gasteiger partial charge in [0.1, 0.15) is 17.8 Å². The average molecular weight is 311 g/mol. The van der Waals surface area contributed by atoms with Crippen LogP contribution < -0.4 is 0 Å². The van der Waals surface area contributed by atoms with Crippen molar-refractivity contribution < 1.29 is 4.74 Å². The van der Waals surface area contributed by atoms with Gasteiger partial charge >= 0.3 is 0 Å². The van der Waals surface area contributed by atoms with E-state index in [4.69, 9.17) is 9.72 Å². The normalized spacial score (nSPS) is 20.4. The lowest BCUT2D eigenvalue weighted by Crippen LogP contribution is -2.47. The van der Waals surface area contributed by atoms with Gasteiger partial charge in [-0.3, -0.25) is 4.90 Å². The Balaban J connectivity index is 1.50. The third-order valence-corrected chi connectivity index (χ3v) is 4.85. The second-order valence-electron chi connectivity index (χ2n) is 6.41. The van der Waals surface area contributed by atoms with Crippen molar-refractivity contribution in [3.8, 4) is 0 Å². The van der Waals surface area contributed by atoms with Crippen LogP contribution in [0.15, 0.2) is 24.9 Å². The molecule has 23 heavy (non-hydrogen) atoms. The predicted octanol–water partition coefficient (Wildman–Crippen LogP) is 1.64. The third-order valence-electron chi connectivity index (χ3n) is 4.85. The van der Waals surface area contributed by atoms with E-state index >= 15 is 0 Å². The summed E-state index contributed by atoms with van der Waals surface area (Å²) in [6.07, 6.45) is 10.2. The molecular formula is C17H21N5O. The highest BCUT2D eigenvalue weighted by atomic mass is 16.5. The van der Waals surface area contributed by atoms with Gasteiger partial charge in [0.2, 0.25) is 0 Å². The molecule has 0 radical (unpaired) electrons. The van der Waals surface area contributed by atoms with Crippen molar-refractivity contribution in [3.63, 3.8) is 0 Å². The minimum atomic E-state index is -0.217. The summed E-state index contributed by atoms with van der Waals surface area (Å²) in [5.74, 6) is 0.831. The maximum atomic E-state index is 6.24. The van der Waals surface area contributed by atoms with Crippen molar-refractivity contribution in [2.45, 2.75) is 38.3 Å². The summed E-state index contributed by atoms with van der Waals surface area (Å²) in [5, 5.41) is 0. The largest absolute Gasteiger partial charge is 0.368 e. The summed E-state index contributed by atoms with van der Waals surface area (Å²) in [7, 11) is 0. The average Bonchev–Trinajstić information content (AvgIpc) is 2.59. The lowest BCUT2D eigenvalue weighted by atomic mass is 9.83. The van der Waals surface area contributed by atoms with Crippen LogP contribution in [0.25, 0.3) is 0 Å². The summed E-state index contributed by atoms with van der Waals surface area (Å²) in [4.78, 5) is 19.7. The van der Waals surface area contributed by atoms with Crippen molar-refractivity contribution >= 4 is 0 Å². The van der Waals surface area contributed by atoms with Crippen LogP contribution >= 0.6 is 0 Å². The second-order valence-corrected chi connectivity index (χ2v) is 6.41. The zero-order valence-corrected chi connectivity index (χ0v) is 13.4. The van der Waals surface area contributed by atoms with Crippen molar-refractivity contribution in [2.75, 3.05) is 19.7 Å². The molecule has 0 amide bonds. The molecule has 2 aromatic heterocycles. The Hall–Kier alpha value is -1.92. The highest BCUT2D eigenvalue weighted by Gasteiger charge is 2.42. The van der Waals surface area contributed by atoms with Gasteiger partial charge in [0.25, 0.3) is 0 Å². The number of rotatable bonds is 2. The number of likely N-dealkylation sites (tertiary alicyclic amines) is 1. The molecule has 6 heteroatoms. The standard InChI is InChI=1S/C17H21N5O/c1-13-20-10-15-2-7-23-17(16(15)21-13)3-5-22(6-4-17)11-14-8-18-12-19-9-14/h8-10,12H,2-7,11H2,1H3. The molecule has 4 heterocycles. The fourth-order valence-corrected chi connectivity index (χ4v) is 3.62. The Morgan fingerprint density at radius 1 is 1.17 bits per heavy atom. The Morgan fingerprint density at radius 3 is 2.74 bits per heavy atom.